The van der Waals surface area contributed by atoms with E-state index in [1.54, 1.807) is 37.7 Å². The number of rotatable bonds is 21. The van der Waals surface area contributed by atoms with Gasteiger partial charge in [-0.2, -0.15) is 0 Å². The number of hydrogen-bond donors (Lipinski definition) is 5. The molecule has 6 fully saturated rings. The van der Waals surface area contributed by atoms with E-state index in [0.717, 1.165) is 17.5 Å². The van der Waals surface area contributed by atoms with Gasteiger partial charge in [0.05, 0.1) is 35.0 Å². The summed E-state index contributed by atoms with van der Waals surface area (Å²) in [5, 5.41) is 15.8. The summed E-state index contributed by atoms with van der Waals surface area (Å²) >= 11 is 0. The van der Waals surface area contributed by atoms with E-state index in [-0.39, 0.29) is 116 Å². The molecule has 2 aromatic rings. The van der Waals surface area contributed by atoms with Gasteiger partial charge in [0.1, 0.15) is 17.6 Å². The Bertz CT molecular complexity index is 2290. The molecule has 76 heavy (non-hydrogen) atoms. The average molecular weight is 1050 g/mol. The van der Waals surface area contributed by atoms with Gasteiger partial charge in [-0.3, -0.25) is 38.4 Å². The molecule has 5 amide bonds. The summed E-state index contributed by atoms with van der Waals surface area (Å²) in [6.45, 7) is 19.3. The fourth-order valence-electron chi connectivity index (χ4n) is 13.9. The van der Waals surface area contributed by atoms with Crippen molar-refractivity contribution >= 4 is 46.9 Å². The lowest BCUT2D eigenvalue weighted by Gasteiger charge is -2.60. The van der Waals surface area contributed by atoms with Gasteiger partial charge in [-0.1, -0.05) is 109 Å². The van der Waals surface area contributed by atoms with Crippen molar-refractivity contribution in [1.82, 2.24) is 36.4 Å². The van der Waals surface area contributed by atoms with Crippen molar-refractivity contribution in [3.05, 3.63) is 71.8 Å². The maximum Gasteiger partial charge on any atom is 0.243 e. The first-order valence-corrected chi connectivity index (χ1v) is 28.2. The minimum absolute atomic E-state index is 0.00295. The number of Topliss-reactive ketones (excluding diaryl/α,β-unsaturated/α-hetero) is 3. The third-order valence-corrected chi connectivity index (χ3v) is 18.4. The zero-order valence-corrected chi connectivity index (χ0v) is 47.6. The standard InChI is InChI=1S/C61H89N7O8/c1-36(42-19-15-13-16-20-42)23-52(71)48-25-44(33-67(48)54(73)46(58(5,6)7)27-50(69)38(3)62-11)65-56(75)60-29-40-24-41(30-60)32-61(31-40,35-60)57(76)66-45-26-49(53(72)64-37(2)43-21-17-14-18-22-43)68(34-45)55(74)47(59(8,9)10)28-51(70)39(4)63-12/h13-22,36-41,44-49,62-63H,23-35H2,1-12H3,(H,64,72)(H,65,75)(H,66,76)/t36-,37+,38-,39-,40?,41?,44-,45-,46+,47+,48-,49-,60?,61?/m0/s1. The molecular formula is C61H89N7O8. The highest BCUT2D eigenvalue weighted by molar-refractivity contribution is 5.96. The normalized spacial score (nSPS) is 28.4. The van der Waals surface area contributed by atoms with Crippen LogP contribution in [0.4, 0.5) is 0 Å². The van der Waals surface area contributed by atoms with Gasteiger partial charge in [-0.05, 0) is 126 Å². The number of ketones is 3. The van der Waals surface area contributed by atoms with E-state index in [0.29, 0.717) is 32.1 Å². The van der Waals surface area contributed by atoms with Crippen molar-refractivity contribution in [3.8, 4) is 0 Å². The molecule has 12 atom stereocenters. The molecule has 4 bridgehead atoms. The van der Waals surface area contributed by atoms with Crippen molar-refractivity contribution in [1.29, 1.82) is 0 Å². The van der Waals surface area contributed by atoms with E-state index in [9.17, 15) is 28.8 Å². The van der Waals surface area contributed by atoms with Crippen LogP contribution in [0.2, 0.25) is 0 Å². The molecule has 2 aromatic carbocycles. The number of likely N-dealkylation sites (N-methyl/N-ethyl adjacent to an activating group) is 2. The Balaban J connectivity index is 1.11. The van der Waals surface area contributed by atoms with Crippen LogP contribution in [-0.4, -0.2) is 120 Å². The molecule has 5 N–H and O–H groups in total. The number of likely N-dealkylation sites (tertiary alicyclic amines) is 2. The molecule has 0 aromatic heterocycles. The van der Waals surface area contributed by atoms with Gasteiger partial charge in [0, 0.05) is 56.3 Å². The maximum atomic E-state index is 15.1. The summed E-state index contributed by atoms with van der Waals surface area (Å²) < 4.78 is 0. The molecule has 15 nitrogen and oxygen atoms in total. The van der Waals surface area contributed by atoms with E-state index in [2.05, 4.69) is 26.6 Å². The first-order valence-electron chi connectivity index (χ1n) is 28.2. The summed E-state index contributed by atoms with van der Waals surface area (Å²) in [5.41, 5.74) is -0.963. The Hall–Kier alpha value is -5.28. The molecule has 4 aliphatic carbocycles. The van der Waals surface area contributed by atoms with E-state index < -0.39 is 69.7 Å². The number of amides is 5. The van der Waals surface area contributed by atoms with Crippen LogP contribution < -0.4 is 26.6 Å². The zero-order valence-electron chi connectivity index (χ0n) is 47.6. The summed E-state index contributed by atoms with van der Waals surface area (Å²) in [7, 11) is 3.42. The molecular weight excluding hydrogens is 959 g/mol. The predicted molar refractivity (Wildman–Crippen MR) is 293 cm³/mol. The summed E-state index contributed by atoms with van der Waals surface area (Å²) in [4.78, 5) is 119. The van der Waals surface area contributed by atoms with Crippen LogP contribution in [0.15, 0.2) is 60.7 Å². The minimum Gasteiger partial charge on any atom is -0.351 e. The van der Waals surface area contributed by atoms with Crippen LogP contribution in [0.5, 0.6) is 0 Å². The fraction of sp³-hybridized carbons (Fsp3) is 0.672. The van der Waals surface area contributed by atoms with Gasteiger partial charge in [-0.15, -0.1) is 0 Å². The van der Waals surface area contributed by atoms with Gasteiger partial charge in [0.25, 0.3) is 0 Å². The topological polar surface area (TPSA) is 203 Å². The summed E-state index contributed by atoms with van der Waals surface area (Å²) in [6, 6.07) is 15.4. The highest BCUT2D eigenvalue weighted by Crippen LogP contribution is 2.65. The fourth-order valence-corrected chi connectivity index (χ4v) is 13.9. The predicted octanol–water partition coefficient (Wildman–Crippen LogP) is 6.84. The van der Waals surface area contributed by atoms with Gasteiger partial charge < -0.3 is 36.4 Å². The van der Waals surface area contributed by atoms with Crippen LogP contribution in [0.1, 0.15) is 163 Å². The summed E-state index contributed by atoms with van der Waals surface area (Å²) in [6.07, 6.45) is 4.49. The molecule has 6 aliphatic rings. The van der Waals surface area contributed by atoms with E-state index in [4.69, 9.17) is 0 Å². The zero-order chi connectivity index (χ0) is 55.7. The first-order chi connectivity index (χ1) is 35.7. The molecule has 15 heteroatoms. The van der Waals surface area contributed by atoms with Crippen LogP contribution in [-0.2, 0) is 38.4 Å². The quantitative estimate of drug-likeness (QED) is 0.0881. The molecule has 416 valence electrons. The van der Waals surface area contributed by atoms with E-state index in [1.165, 1.54) is 0 Å². The lowest BCUT2D eigenvalue weighted by molar-refractivity contribution is -0.168. The van der Waals surface area contributed by atoms with Crippen molar-refractivity contribution in [2.24, 2.45) is 45.3 Å². The third-order valence-electron chi connectivity index (χ3n) is 18.4. The van der Waals surface area contributed by atoms with Crippen LogP contribution >= 0.6 is 0 Å². The van der Waals surface area contributed by atoms with Crippen LogP contribution in [0.25, 0.3) is 0 Å². The second-order valence-electron chi connectivity index (χ2n) is 26.2. The molecule has 4 saturated carbocycles. The second kappa shape index (κ2) is 23.4. The monoisotopic (exact) mass is 1050 g/mol. The van der Waals surface area contributed by atoms with Crippen molar-refractivity contribution in [3.63, 3.8) is 0 Å². The van der Waals surface area contributed by atoms with Crippen LogP contribution in [0, 0.1) is 45.3 Å². The average Bonchev–Trinajstić information content (AvgIpc) is 4.00. The Labute approximate surface area is 452 Å². The third kappa shape index (κ3) is 12.8. The second-order valence-corrected chi connectivity index (χ2v) is 26.2. The molecule has 2 unspecified atom stereocenters. The SMILES string of the molecule is CN[C@@H](C)C(=O)C[C@H](C(=O)N1C[C@@H](NC(=O)C23CC4CC(C2)CC(C(=O)N[C@H]2C[C@@H](C(=O)N[C@H](C)c5ccccc5)N(C(=O)[C@@H](CC(=O)[C@H](C)NC)C(C)(C)C)C2)(C4)C3)C[C@H]1C(=O)C[C@H](C)c1ccccc1)C(C)(C)C. The Kier molecular flexibility index (Phi) is 18.0. The smallest absolute Gasteiger partial charge is 0.243 e. The van der Waals surface area contributed by atoms with Gasteiger partial charge in [-0.25, -0.2) is 0 Å². The highest BCUT2D eigenvalue weighted by atomic mass is 16.2. The summed E-state index contributed by atoms with van der Waals surface area (Å²) in [5.74, 6) is -2.72. The van der Waals surface area contributed by atoms with Crippen molar-refractivity contribution < 1.29 is 38.4 Å². The van der Waals surface area contributed by atoms with Gasteiger partial charge in [0.2, 0.25) is 29.5 Å². The number of carbonyl (C=O) groups is 8. The highest BCUT2D eigenvalue weighted by Gasteiger charge is 2.64. The minimum atomic E-state index is -0.898. The maximum absolute atomic E-state index is 15.1. The first kappa shape index (κ1) is 58.4. The van der Waals surface area contributed by atoms with E-state index in [1.807, 2.05) is 116 Å². The Morgan fingerprint density at radius 3 is 1.39 bits per heavy atom. The molecule has 0 spiro atoms. The Morgan fingerprint density at radius 1 is 0.566 bits per heavy atom. The molecule has 2 aliphatic heterocycles. The van der Waals surface area contributed by atoms with Gasteiger partial charge in [0.15, 0.2) is 5.78 Å². The number of benzene rings is 2. The number of hydrogen-bond acceptors (Lipinski definition) is 10. The van der Waals surface area contributed by atoms with Crippen molar-refractivity contribution in [2.45, 2.75) is 188 Å². The largest absolute Gasteiger partial charge is 0.351 e. The van der Waals surface area contributed by atoms with Crippen molar-refractivity contribution in [2.75, 3.05) is 27.2 Å². The Morgan fingerprint density at radius 2 is 0.974 bits per heavy atom. The molecule has 2 heterocycles. The number of nitrogens with zero attached hydrogens (tertiary/aromatic N) is 2. The lowest BCUT2D eigenvalue weighted by Crippen LogP contribution is -2.62. The number of carbonyl (C=O) groups excluding carboxylic acids is 8. The molecule has 0 radical (unpaired) electrons. The lowest BCUT2D eigenvalue weighted by atomic mass is 9.43. The van der Waals surface area contributed by atoms with E-state index >= 15 is 9.59 Å². The molecule has 8 rings (SSSR count). The van der Waals surface area contributed by atoms with Gasteiger partial charge >= 0.3 is 0 Å². The van der Waals surface area contributed by atoms with Crippen LogP contribution in [0.3, 0.4) is 0 Å². The number of nitrogens with one attached hydrogen (secondary N) is 5. The molecule has 2 saturated heterocycles.